The summed E-state index contributed by atoms with van der Waals surface area (Å²) in [4.78, 5) is 27.2. The van der Waals surface area contributed by atoms with E-state index >= 15 is 0 Å². The third kappa shape index (κ3) is 4.33. The minimum Gasteiger partial charge on any atom is -0.339 e. The van der Waals surface area contributed by atoms with Gasteiger partial charge in [0.1, 0.15) is 0 Å². The monoisotopic (exact) mass is 384 g/mol. The molecule has 2 aromatic carbocycles. The fraction of sp³-hybridized carbons (Fsp3) is 0.364. The van der Waals surface area contributed by atoms with Crippen molar-refractivity contribution in [3.63, 3.8) is 0 Å². The van der Waals surface area contributed by atoms with E-state index in [1.165, 1.54) is 5.56 Å². The van der Waals surface area contributed by atoms with Gasteiger partial charge in [0.2, 0.25) is 5.91 Å². The summed E-state index contributed by atoms with van der Waals surface area (Å²) in [6.45, 7) is 7.21. The molecule has 142 valence electrons. The summed E-state index contributed by atoms with van der Waals surface area (Å²) in [6, 6.07) is 11.2. The number of aryl methyl sites for hydroxylation is 3. The average molecular weight is 385 g/mol. The maximum atomic E-state index is 12.7. The highest BCUT2D eigenvalue weighted by atomic mass is 35.5. The summed E-state index contributed by atoms with van der Waals surface area (Å²) in [5.74, 6) is -0.111. The van der Waals surface area contributed by atoms with Crippen LogP contribution in [0.4, 0.5) is 5.69 Å². The van der Waals surface area contributed by atoms with Crippen LogP contribution >= 0.6 is 11.6 Å². The van der Waals surface area contributed by atoms with Gasteiger partial charge in [-0.15, -0.1) is 0 Å². The fourth-order valence-corrected chi connectivity index (χ4v) is 3.97. The van der Waals surface area contributed by atoms with E-state index in [0.717, 1.165) is 16.8 Å². The molecule has 1 heterocycles. The molecular weight excluding hydrogens is 360 g/mol. The van der Waals surface area contributed by atoms with Gasteiger partial charge in [0, 0.05) is 24.7 Å². The Morgan fingerprint density at radius 1 is 1.04 bits per heavy atom. The molecule has 0 aromatic heterocycles. The van der Waals surface area contributed by atoms with Crippen molar-refractivity contribution in [3.05, 3.63) is 63.7 Å². The van der Waals surface area contributed by atoms with Gasteiger partial charge in [-0.25, -0.2) is 0 Å². The van der Waals surface area contributed by atoms with Crippen LogP contribution in [0.5, 0.6) is 0 Å². The van der Waals surface area contributed by atoms with Crippen molar-refractivity contribution in [1.82, 2.24) is 4.90 Å². The first-order valence-corrected chi connectivity index (χ1v) is 9.67. The molecule has 0 saturated carbocycles. The largest absolute Gasteiger partial charge is 0.339 e. The number of benzene rings is 2. The third-order valence-electron chi connectivity index (χ3n) is 5.18. The van der Waals surface area contributed by atoms with Gasteiger partial charge < -0.3 is 10.2 Å². The lowest BCUT2D eigenvalue weighted by molar-refractivity contribution is -0.121. The van der Waals surface area contributed by atoms with Crippen LogP contribution in [-0.4, -0.2) is 29.8 Å². The number of rotatable bonds is 3. The van der Waals surface area contributed by atoms with E-state index < -0.39 is 0 Å². The first-order chi connectivity index (χ1) is 12.9. The van der Waals surface area contributed by atoms with Crippen molar-refractivity contribution >= 4 is 29.1 Å². The van der Waals surface area contributed by atoms with E-state index in [4.69, 9.17) is 11.6 Å². The van der Waals surface area contributed by atoms with Crippen LogP contribution in [0.15, 0.2) is 36.4 Å². The number of hydrogen-bond donors (Lipinski definition) is 1. The van der Waals surface area contributed by atoms with Gasteiger partial charge in [-0.3, -0.25) is 9.59 Å². The van der Waals surface area contributed by atoms with Gasteiger partial charge in [0.05, 0.1) is 10.6 Å². The van der Waals surface area contributed by atoms with Gasteiger partial charge >= 0.3 is 0 Å². The Kier molecular flexibility index (Phi) is 5.85. The number of likely N-dealkylation sites (tertiary alicyclic amines) is 1. The zero-order valence-corrected chi connectivity index (χ0v) is 16.8. The van der Waals surface area contributed by atoms with Gasteiger partial charge in [0.15, 0.2) is 0 Å². The van der Waals surface area contributed by atoms with E-state index in [1.807, 2.05) is 26.0 Å². The molecule has 2 amide bonds. The Morgan fingerprint density at radius 2 is 1.63 bits per heavy atom. The topological polar surface area (TPSA) is 49.4 Å². The van der Waals surface area contributed by atoms with Crippen LogP contribution in [-0.2, 0) is 4.79 Å². The highest BCUT2D eigenvalue weighted by Gasteiger charge is 2.28. The third-order valence-corrected chi connectivity index (χ3v) is 5.51. The van der Waals surface area contributed by atoms with Crippen molar-refractivity contribution < 1.29 is 9.59 Å². The molecule has 0 unspecified atom stereocenters. The molecule has 1 aliphatic heterocycles. The number of amides is 2. The summed E-state index contributed by atoms with van der Waals surface area (Å²) < 4.78 is 0. The zero-order chi connectivity index (χ0) is 19.6. The van der Waals surface area contributed by atoms with E-state index in [2.05, 4.69) is 24.4 Å². The second kappa shape index (κ2) is 8.13. The van der Waals surface area contributed by atoms with Gasteiger partial charge in [0.25, 0.3) is 5.91 Å². The predicted octanol–water partition coefficient (Wildman–Crippen LogP) is 4.76. The number of piperidine rings is 1. The van der Waals surface area contributed by atoms with Crippen molar-refractivity contribution in [3.8, 4) is 0 Å². The molecule has 27 heavy (non-hydrogen) atoms. The van der Waals surface area contributed by atoms with Gasteiger partial charge in [-0.05, 0) is 56.9 Å². The molecule has 1 N–H and O–H groups in total. The molecular formula is C22H25ClN2O2. The Bertz CT molecular complexity index is 847. The van der Waals surface area contributed by atoms with Crippen LogP contribution in [0.3, 0.4) is 0 Å². The minimum atomic E-state index is -0.0830. The molecule has 0 spiro atoms. The highest BCUT2D eigenvalue weighted by Crippen LogP contribution is 2.26. The molecule has 4 nitrogen and oxygen atoms in total. The molecule has 0 aliphatic carbocycles. The molecule has 3 rings (SSSR count). The van der Waals surface area contributed by atoms with Crippen molar-refractivity contribution in [2.24, 2.45) is 5.92 Å². The highest BCUT2D eigenvalue weighted by molar-refractivity contribution is 6.33. The predicted molar refractivity (Wildman–Crippen MR) is 109 cm³/mol. The minimum absolute atomic E-state index is 0.0369. The quantitative estimate of drug-likeness (QED) is 0.829. The summed E-state index contributed by atoms with van der Waals surface area (Å²) in [5.41, 5.74) is 4.77. The Morgan fingerprint density at radius 3 is 2.22 bits per heavy atom. The lowest BCUT2D eigenvalue weighted by Crippen LogP contribution is -2.41. The summed E-state index contributed by atoms with van der Waals surface area (Å²) >= 11 is 6.14. The van der Waals surface area contributed by atoms with Crippen LogP contribution in [0.25, 0.3) is 0 Å². The fourth-order valence-electron chi connectivity index (χ4n) is 3.75. The average Bonchev–Trinajstić information content (AvgIpc) is 2.64. The standard InChI is InChI=1S/C22H25ClN2O2/c1-14-12-15(2)20(16(3)13-14)24-21(26)17-8-10-25(11-9-17)22(27)18-6-4-5-7-19(18)23/h4-7,12-13,17H,8-11H2,1-3H3,(H,24,26). The number of halogens is 1. The van der Waals surface area contributed by atoms with Crippen LogP contribution in [0.1, 0.15) is 39.9 Å². The maximum absolute atomic E-state index is 12.7. The van der Waals surface area contributed by atoms with Gasteiger partial charge in [-0.2, -0.15) is 0 Å². The molecule has 0 atom stereocenters. The first-order valence-electron chi connectivity index (χ1n) is 9.29. The maximum Gasteiger partial charge on any atom is 0.255 e. The van der Waals surface area contributed by atoms with Crippen LogP contribution < -0.4 is 5.32 Å². The van der Waals surface area contributed by atoms with Gasteiger partial charge in [-0.1, -0.05) is 41.4 Å². The van der Waals surface area contributed by atoms with Crippen LogP contribution in [0, 0.1) is 26.7 Å². The first kappa shape index (κ1) is 19.4. The van der Waals surface area contributed by atoms with Crippen LogP contribution in [0.2, 0.25) is 5.02 Å². The molecule has 0 bridgehead atoms. The summed E-state index contributed by atoms with van der Waals surface area (Å²) in [7, 11) is 0. The second-order valence-corrected chi connectivity index (χ2v) is 7.72. The Hall–Kier alpha value is -2.33. The lowest BCUT2D eigenvalue weighted by Gasteiger charge is -2.31. The normalized spacial score (nSPS) is 14.9. The van der Waals surface area contributed by atoms with E-state index in [1.54, 1.807) is 17.0 Å². The Labute approximate surface area is 165 Å². The second-order valence-electron chi connectivity index (χ2n) is 7.31. The molecule has 5 heteroatoms. The molecule has 1 fully saturated rings. The van der Waals surface area contributed by atoms with E-state index in [9.17, 15) is 9.59 Å². The number of anilines is 1. The molecule has 0 radical (unpaired) electrons. The SMILES string of the molecule is Cc1cc(C)c(NC(=O)C2CCN(C(=O)c3ccccc3Cl)CC2)c(C)c1. The van der Waals surface area contributed by atoms with Crippen molar-refractivity contribution in [2.45, 2.75) is 33.6 Å². The van der Waals surface area contributed by atoms with Crippen molar-refractivity contribution in [2.75, 3.05) is 18.4 Å². The number of nitrogens with one attached hydrogen (secondary N) is 1. The zero-order valence-electron chi connectivity index (χ0n) is 16.0. The summed E-state index contributed by atoms with van der Waals surface area (Å²) in [5, 5.41) is 3.56. The molecule has 1 aliphatic rings. The van der Waals surface area contributed by atoms with E-state index in [-0.39, 0.29) is 17.7 Å². The van der Waals surface area contributed by atoms with Crippen molar-refractivity contribution in [1.29, 1.82) is 0 Å². The lowest BCUT2D eigenvalue weighted by atomic mass is 9.94. The number of carbonyl (C=O) groups excluding carboxylic acids is 2. The summed E-state index contributed by atoms with van der Waals surface area (Å²) in [6.07, 6.45) is 1.32. The number of carbonyl (C=O) groups is 2. The Balaban J connectivity index is 1.62. The smallest absolute Gasteiger partial charge is 0.255 e. The van der Waals surface area contributed by atoms with E-state index in [0.29, 0.717) is 36.5 Å². The molecule has 1 saturated heterocycles. The number of nitrogens with zero attached hydrogens (tertiary/aromatic N) is 1. The molecule has 2 aromatic rings. The number of hydrogen-bond acceptors (Lipinski definition) is 2.